The molecule has 0 radical (unpaired) electrons. The number of halogens is 5. The van der Waals surface area contributed by atoms with Crippen LogP contribution in [0.5, 0.6) is 0 Å². The van der Waals surface area contributed by atoms with Crippen LogP contribution in [0.15, 0.2) is 6.20 Å². The molecule has 3 nitrogen and oxygen atoms in total. The van der Waals surface area contributed by atoms with Gasteiger partial charge in [0.15, 0.2) is 5.15 Å². The zero-order valence-corrected chi connectivity index (χ0v) is 9.92. The van der Waals surface area contributed by atoms with Crippen molar-refractivity contribution in [3.63, 3.8) is 0 Å². The fourth-order valence-corrected chi connectivity index (χ4v) is 2.08. The molecule has 0 aliphatic carbocycles. The molecule has 0 N–H and O–H groups in total. The van der Waals surface area contributed by atoms with E-state index in [1.165, 1.54) is 0 Å². The molecular formula is C10H10ClF4N3. The molecule has 1 aromatic heterocycles. The fourth-order valence-electron chi connectivity index (χ4n) is 1.87. The Labute approximate surface area is 106 Å². The molecule has 1 aliphatic rings. The van der Waals surface area contributed by atoms with Gasteiger partial charge in [-0.2, -0.15) is 0 Å². The van der Waals surface area contributed by atoms with E-state index in [2.05, 4.69) is 9.97 Å². The summed E-state index contributed by atoms with van der Waals surface area (Å²) in [6.07, 6.45) is -3.71. The largest absolute Gasteiger partial charge is 0.355 e. The SMILES string of the molecule is FC(F)c1ncc(N2CC[C@H](C(F)F)C2)nc1Cl. The predicted molar refractivity (Wildman–Crippen MR) is 58.3 cm³/mol. The smallest absolute Gasteiger partial charge is 0.283 e. The van der Waals surface area contributed by atoms with Crippen LogP contribution in [0.3, 0.4) is 0 Å². The second-order valence-electron chi connectivity index (χ2n) is 4.03. The van der Waals surface area contributed by atoms with Crippen LogP contribution >= 0.6 is 11.6 Å². The second-order valence-corrected chi connectivity index (χ2v) is 4.39. The average Bonchev–Trinajstić information content (AvgIpc) is 2.77. The fraction of sp³-hybridized carbons (Fsp3) is 0.600. The molecule has 1 atom stereocenters. The standard InChI is InChI=1S/C10H10ClF4N3/c11-8-7(10(14)15)16-3-6(17-8)18-2-1-5(4-18)9(12)13/h3,5,9-10H,1-2,4H2/t5-/m0/s1. The third-order valence-electron chi connectivity index (χ3n) is 2.85. The first-order valence-corrected chi connectivity index (χ1v) is 5.70. The highest BCUT2D eigenvalue weighted by atomic mass is 35.5. The van der Waals surface area contributed by atoms with Crippen molar-refractivity contribution in [3.8, 4) is 0 Å². The van der Waals surface area contributed by atoms with Crippen molar-refractivity contribution in [2.75, 3.05) is 18.0 Å². The summed E-state index contributed by atoms with van der Waals surface area (Å²) in [6, 6.07) is 0. The summed E-state index contributed by atoms with van der Waals surface area (Å²) >= 11 is 5.57. The molecule has 1 saturated heterocycles. The number of alkyl halides is 4. The van der Waals surface area contributed by atoms with E-state index in [0.717, 1.165) is 6.20 Å². The summed E-state index contributed by atoms with van der Waals surface area (Å²) in [5.74, 6) is -0.465. The first kappa shape index (κ1) is 13.3. The maximum atomic E-state index is 12.5. The summed E-state index contributed by atoms with van der Waals surface area (Å²) < 4.78 is 49.8. The molecule has 0 amide bonds. The Bertz CT molecular complexity index is 430. The Morgan fingerprint density at radius 3 is 2.56 bits per heavy atom. The van der Waals surface area contributed by atoms with E-state index < -0.39 is 24.5 Å². The monoisotopic (exact) mass is 283 g/mol. The normalized spacial score (nSPS) is 20.2. The average molecular weight is 284 g/mol. The van der Waals surface area contributed by atoms with Gasteiger partial charge in [-0.15, -0.1) is 0 Å². The van der Waals surface area contributed by atoms with Crippen LogP contribution in [0.25, 0.3) is 0 Å². The molecule has 2 rings (SSSR count). The van der Waals surface area contributed by atoms with Gasteiger partial charge >= 0.3 is 0 Å². The van der Waals surface area contributed by atoms with E-state index in [0.29, 0.717) is 13.0 Å². The molecule has 0 saturated carbocycles. The van der Waals surface area contributed by atoms with Gasteiger partial charge in [0.05, 0.1) is 6.20 Å². The Morgan fingerprint density at radius 2 is 2.06 bits per heavy atom. The van der Waals surface area contributed by atoms with Crippen molar-refractivity contribution >= 4 is 17.4 Å². The highest BCUT2D eigenvalue weighted by Gasteiger charge is 2.30. The number of aromatic nitrogens is 2. The van der Waals surface area contributed by atoms with Gasteiger partial charge in [-0.25, -0.2) is 27.5 Å². The lowest BCUT2D eigenvalue weighted by Gasteiger charge is -2.17. The molecule has 0 bridgehead atoms. The minimum absolute atomic E-state index is 0.136. The summed E-state index contributed by atoms with van der Waals surface area (Å²) in [7, 11) is 0. The lowest BCUT2D eigenvalue weighted by Crippen LogP contribution is -2.23. The molecule has 1 aliphatic heterocycles. The van der Waals surface area contributed by atoms with Crippen molar-refractivity contribution in [2.24, 2.45) is 5.92 Å². The lowest BCUT2D eigenvalue weighted by atomic mass is 10.1. The van der Waals surface area contributed by atoms with E-state index in [4.69, 9.17) is 11.6 Å². The molecule has 8 heteroatoms. The van der Waals surface area contributed by atoms with Gasteiger partial charge in [0.25, 0.3) is 6.43 Å². The minimum atomic E-state index is -2.80. The molecule has 2 heterocycles. The molecule has 1 aromatic rings. The van der Waals surface area contributed by atoms with Crippen molar-refractivity contribution in [3.05, 3.63) is 17.0 Å². The maximum Gasteiger partial charge on any atom is 0.283 e. The molecule has 18 heavy (non-hydrogen) atoms. The summed E-state index contributed by atoms with van der Waals surface area (Å²) in [4.78, 5) is 8.87. The Balaban J connectivity index is 2.13. The molecule has 0 unspecified atom stereocenters. The number of rotatable bonds is 3. The number of hydrogen-bond acceptors (Lipinski definition) is 3. The zero-order chi connectivity index (χ0) is 13.3. The number of nitrogens with zero attached hydrogens (tertiary/aromatic N) is 3. The van der Waals surface area contributed by atoms with E-state index in [9.17, 15) is 17.6 Å². The zero-order valence-electron chi connectivity index (χ0n) is 9.16. The van der Waals surface area contributed by atoms with Crippen LogP contribution in [0.2, 0.25) is 5.15 Å². The Hall–Kier alpha value is -1.11. The Kier molecular flexibility index (Phi) is 3.89. The first-order chi connectivity index (χ1) is 8.49. The van der Waals surface area contributed by atoms with Gasteiger partial charge in [-0.05, 0) is 6.42 Å². The van der Waals surface area contributed by atoms with Crippen LogP contribution in [-0.4, -0.2) is 29.5 Å². The van der Waals surface area contributed by atoms with Crippen molar-refractivity contribution in [1.29, 1.82) is 0 Å². The number of hydrogen-bond donors (Lipinski definition) is 0. The van der Waals surface area contributed by atoms with Crippen molar-refractivity contribution in [1.82, 2.24) is 9.97 Å². The lowest BCUT2D eigenvalue weighted by molar-refractivity contribution is 0.0880. The van der Waals surface area contributed by atoms with E-state index in [1.54, 1.807) is 4.90 Å². The van der Waals surface area contributed by atoms with E-state index in [1.807, 2.05) is 0 Å². The molecular weight excluding hydrogens is 274 g/mol. The van der Waals surface area contributed by atoms with Crippen molar-refractivity contribution < 1.29 is 17.6 Å². The molecule has 0 aromatic carbocycles. The third kappa shape index (κ3) is 2.66. The summed E-state index contributed by atoms with van der Waals surface area (Å²) in [5.41, 5.74) is -0.593. The highest BCUT2D eigenvalue weighted by molar-refractivity contribution is 6.30. The molecule has 100 valence electrons. The van der Waals surface area contributed by atoms with Crippen LogP contribution in [0.4, 0.5) is 23.4 Å². The van der Waals surface area contributed by atoms with Gasteiger partial charge in [0.2, 0.25) is 6.43 Å². The van der Waals surface area contributed by atoms with Crippen LogP contribution in [0, 0.1) is 5.92 Å². The van der Waals surface area contributed by atoms with Crippen LogP contribution in [0.1, 0.15) is 18.5 Å². The van der Waals surface area contributed by atoms with Gasteiger partial charge in [-0.3, -0.25) is 0 Å². The molecule has 0 spiro atoms. The Morgan fingerprint density at radius 1 is 1.33 bits per heavy atom. The van der Waals surface area contributed by atoms with Crippen LogP contribution < -0.4 is 4.90 Å². The summed E-state index contributed by atoms with van der Waals surface area (Å²) in [6.45, 7) is 0.532. The van der Waals surface area contributed by atoms with Gasteiger partial charge in [0, 0.05) is 19.0 Å². The first-order valence-electron chi connectivity index (χ1n) is 5.32. The maximum absolute atomic E-state index is 12.5. The quantitative estimate of drug-likeness (QED) is 0.798. The minimum Gasteiger partial charge on any atom is -0.355 e. The topological polar surface area (TPSA) is 29.0 Å². The highest BCUT2D eigenvalue weighted by Crippen LogP contribution is 2.29. The van der Waals surface area contributed by atoms with E-state index >= 15 is 0 Å². The van der Waals surface area contributed by atoms with Gasteiger partial charge < -0.3 is 4.90 Å². The van der Waals surface area contributed by atoms with E-state index in [-0.39, 0.29) is 17.5 Å². The van der Waals surface area contributed by atoms with Crippen LogP contribution in [-0.2, 0) is 0 Å². The predicted octanol–water partition coefficient (Wildman–Crippen LogP) is 3.16. The third-order valence-corrected chi connectivity index (χ3v) is 3.13. The van der Waals surface area contributed by atoms with Crippen molar-refractivity contribution in [2.45, 2.75) is 19.3 Å². The van der Waals surface area contributed by atoms with Gasteiger partial charge in [0.1, 0.15) is 11.5 Å². The second kappa shape index (κ2) is 5.26. The van der Waals surface area contributed by atoms with Gasteiger partial charge in [-0.1, -0.05) is 11.6 Å². The number of anilines is 1. The summed E-state index contributed by atoms with van der Waals surface area (Å²) in [5, 5.41) is -0.386. The molecule has 1 fully saturated rings.